The Morgan fingerprint density at radius 2 is 2.19 bits per heavy atom. The van der Waals surface area contributed by atoms with Gasteiger partial charge in [0.25, 0.3) is 0 Å². The van der Waals surface area contributed by atoms with Crippen LogP contribution in [0.2, 0.25) is 0 Å². The number of carboxylic acids is 1. The Bertz CT molecular complexity index is 790. The highest BCUT2D eigenvalue weighted by molar-refractivity contribution is 7.13. The molecule has 0 unspecified atom stereocenters. The number of likely N-dealkylation sites (tertiary alicyclic amines) is 1. The van der Waals surface area contributed by atoms with E-state index in [0.717, 1.165) is 9.78 Å². The number of amides is 2. The number of aromatic nitrogens is 1. The van der Waals surface area contributed by atoms with E-state index in [1.54, 1.807) is 0 Å². The number of aliphatic carboxylic acids is 1. The normalized spacial score (nSPS) is 20.3. The van der Waals surface area contributed by atoms with Crippen molar-refractivity contribution < 1.29 is 32.3 Å². The van der Waals surface area contributed by atoms with Crippen LogP contribution >= 0.6 is 11.3 Å². The molecule has 1 saturated heterocycles. The molecule has 0 spiro atoms. The molecule has 3 rings (SSSR count). The summed E-state index contributed by atoms with van der Waals surface area (Å²) in [5.74, 6) is -4.94. The third-order valence-corrected chi connectivity index (χ3v) is 4.91. The minimum Gasteiger partial charge on any atom is -0.481 e. The average molecular weight is 389 g/mol. The molecule has 7 nitrogen and oxygen atoms in total. The van der Waals surface area contributed by atoms with Gasteiger partial charge in [0.05, 0.1) is 29.0 Å². The predicted octanol–water partition coefficient (Wildman–Crippen LogP) is 2.81. The molecule has 0 aliphatic carbocycles. The van der Waals surface area contributed by atoms with Crippen LogP contribution in [0.1, 0.15) is 5.69 Å². The van der Waals surface area contributed by atoms with Crippen LogP contribution < -0.4 is 5.32 Å². The number of thiophene rings is 1. The van der Waals surface area contributed by atoms with Gasteiger partial charge in [-0.25, -0.2) is 9.78 Å². The lowest BCUT2D eigenvalue weighted by Gasteiger charge is -2.18. The van der Waals surface area contributed by atoms with E-state index in [9.17, 15) is 22.8 Å². The summed E-state index contributed by atoms with van der Waals surface area (Å²) in [6.45, 7) is -1.23. The number of alkyl halides is 3. The van der Waals surface area contributed by atoms with E-state index in [2.05, 4.69) is 10.3 Å². The molecule has 2 aromatic rings. The van der Waals surface area contributed by atoms with Gasteiger partial charge in [0.1, 0.15) is 6.26 Å². The van der Waals surface area contributed by atoms with E-state index in [4.69, 9.17) is 9.52 Å². The average Bonchev–Trinajstić information content (AvgIpc) is 3.30. The molecule has 0 bridgehead atoms. The molecule has 3 heterocycles. The number of halogens is 3. The van der Waals surface area contributed by atoms with Crippen LogP contribution in [-0.4, -0.2) is 46.3 Å². The molecular weight excluding hydrogens is 375 g/mol. The summed E-state index contributed by atoms with van der Waals surface area (Å²) in [7, 11) is 0. The van der Waals surface area contributed by atoms with Crippen molar-refractivity contribution in [3.8, 4) is 10.8 Å². The maximum Gasteiger partial charge on any atom is 0.394 e. The summed E-state index contributed by atoms with van der Waals surface area (Å²) in [5.41, 5.74) is 0.406. The summed E-state index contributed by atoms with van der Waals surface area (Å²) < 4.78 is 44.1. The SMILES string of the molecule is O=C(O)[C@@H]1CN(C(=O)NCc2coc(-c3cccs3)n2)C[C@H]1C(F)(F)F. The first-order chi connectivity index (χ1) is 12.3. The summed E-state index contributed by atoms with van der Waals surface area (Å²) >= 11 is 1.43. The Morgan fingerprint density at radius 3 is 2.77 bits per heavy atom. The molecule has 26 heavy (non-hydrogen) atoms. The van der Waals surface area contributed by atoms with Gasteiger partial charge >= 0.3 is 18.2 Å². The van der Waals surface area contributed by atoms with Gasteiger partial charge in [-0.15, -0.1) is 11.3 Å². The van der Waals surface area contributed by atoms with Crippen molar-refractivity contribution in [2.24, 2.45) is 11.8 Å². The van der Waals surface area contributed by atoms with Crippen LogP contribution in [0, 0.1) is 11.8 Å². The summed E-state index contributed by atoms with van der Waals surface area (Å²) in [5, 5.41) is 13.3. The Kier molecular flexibility index (Phi) is 4.90. The first-order valence-electron chi connectivity index (χ1n) is 7.56. The minimum atomic E-state index is -4.68. The number of carbonyl (C=O) groups excluding carboxylic acids is 1. The molecular formula is C15H14F3N3O4S. The molecule has 1 aliphatic heterocycles. The zero-order chi connectivity index (χ0) is 18.9. The van der Waals surface area contributed by atoms with E-state index < -0.39 is 43.1 Å². The van der Waals surface area contributed by atoms with Gasteiger partial charge in [0.15, 0.2) is 0 Å². The standard InChI is InChI=1S/C15H14F3N3O4S/c16-15(17,18)10-6-21(5-9(10)13(22)23)14(24)19-4-8-7-25-12(20-8)11-2-1-3-26-11/h1-3,7,9-10H,4-6H2,(H,19,24)(H,22,23)/t9-,10-/m1/s1. The van der Waals surface area contributed by atoms with Gasteiger partial charge in [-0.1, -0.05) is 6.07 Å². The van der Waals surface area contributed by atoms with E-state index in [0.29, 0.717) is 11.6 Å². The van der Waals surface area contributed by atoms with Gasteiger partial charge in [-0.2, -0.15) is 13.2 Å². The first kappa shape index (κ1) is 18.2. The van der Waals surface area contributed by atoms with Crippen molar-refractivity contribution in [1.82, 2.24) is 15.2 Å². The number of urea groups is 1. The summed E-state index contributed by atoms with van der Waals surface area (Å²) in [6, 6.07) is 2.87. The predicted molar refractivity (Wildman–Crippen MR) is 84.3 cm³/mol. The summed E-state index contributed by atoms with van der Waals surface area (Å²) in [4.78, 5) is 29.0. The van der Waals surface area contributed by atoms with E-state index in [1.165, 1.54) is 17.6 Å². The van der Waals surface area contributed by atoms with Crippen LogP contribution in [-0.2, 0) is 11.3 Å². The zero-order valence-electron chi connectivity index (χ0n) is 13.2. The van der Waals surface area contributed by atoms with E-state index in [-0.39, 0.29) is 6.54 Å². The van der Waals surface area contributed by atoms with Gasteiger partial charge in [0, 0.05) is 13.1 Å². The van der Waals surface area contributed by atoms with Crippen LogP contribution in [0.15, 0.2) is 28.2 Å². The fourth-order valence-electron chi connectivity index (χ4n) is 2.73. The molecule has 2 amide bonds. The van der Waals surface area contributed by atoms with Crippen molar-refractivity contribution in [1.29, 1.82) is 0 Å². The number of carbonyl (C=O) groups is 2. The fraction of sp³-hybridized carbons (Fsp3) is 0.400. The second kappa shape index (κ2) is 6.98. The molecule has 2 atom stereocenters. The van der Waals surface area contributed by atoms with Crippen molar-refractivity contribution >= 4 is 23.3 Å². The number of hydrogen-bond acceptors (Lipinski definition) is 5. The van der Waals surface area contributed by atoms with Crippen LogP contribution in [0.5, 0.6) is 0 Å². The first-order valence-corrected chi connectivity index (χ1v) is 8.44. The molecule has 11 heteroatoms. The van der Waals surface area contributed by atoms with Gasteiger partial charge in [0.2, 0.25) is 5.89 Å². The Morgan fingerprint density at radius 1 is 1.42 bits per heavy atom. The second-order valence-corrected chi connectivity index (χ2v) is 6.73. The van der Waals surface area contributed by atoms with Gasteiger partial charge < -0.3 is 19.7 Å². The van der Waals surface area contributed by atoms with Crippen LogP contribution in [0.25, 0.3) is 10.8 Å². The van der Waals surface area contributed by atoms with E-state index >= 15 is 0 Å². The maximum absolute atomic E-state index is 13.0. The highest BCUT2D eigenvalue weighted by Gasteiger charge is 2.53. The van der Waals surface area contributed by atoms with Crippen molar-refractivity contribution in [2.75, 3.05) is 13.1 Å². The lowest BCUT2D eigenvalue weighted by Crippen LogP contribution is -2.39. The Hall–Kier alpha value is -2.56. The number of oxazole rings is 1. The molecule has 0 saturated carbocycles. The maximum atomic E-state index is 13.0. The number of carboxylic acid groups (broad SMARTS) is 1. The Labute approximate surface area is 149 Å². The van der Waals surface area contributed by atoms with Crippen LogP contribution in [0.3, 0.4) is 0 Å². The molecule has 1 fully saturated rings. The van der Waals surface area contributed by atoms with Crippen molar-refractivity contribution in [3.63, 3.8) is 0 Å². The molecule has 140 valence electrons. The largest absolute Gasteiger partial charge is 0.481 e. The highest BCUT2D eigenvalue weighted by atomic mass is 32.1. The molecule has 0 aromatic carbocycles. The second-order valence-electron chi connectivity index (χ2n) is 5.78. The molecule has 1 aliphatic rings. The number of nitrogens with zero attached hydrogens (tertiary/aromatic N) is 2. The monoisotopic (exact) mass is 389 g/mol. The number of hydrogen-bond donors (Lipinski definition) is 2. The molecule has 2 aromatic heterocycles. The third kappa shape index (κ3) is 3.82. The van der Waals surface area contributed by atoms with Crippen molar-refractivity contribution in [2.45, 2.75) is 12.7 Å². The lowest BCUT2D eigenvalue weighted by molar-refractivity contribution is -0.187. The number of nitrogens with one attached hydrogen (secondary N) is 1. The summed E-state index contributed by atoms with van der Waals surface area (Å²) in [6.07, 6.45) is -3.34. The van der Waals surface area contributed by atoms with Gasteiger partial charge in [-0.3, -0.25) is 4.79 Å². The molecule has 0 radical (unpaired) electrons. The molecule has 2 N–H and O–H groups in total. The Balaban J connectivity index is 1.59. The number of rotatable bonds is 4. The minimum absolute atomic E-state index is 0.0430. The quantitative estimate of drug-likeness (QED) is 0.838. The van der Waals surface area contributed by atoms with Crippen molar-refractivity contribution in [3.05, 3.63) is 29.5 Å². The smallest absolute Gasteiger partial charge is 0.394 e. The van der Waals surface area contributed by atoms with Gasteiger partial charge in [-0.05, 0) is 11.4 Å². The fourth-order valence-corrected chi connectivity index (χ4v) is 3.39. The lowest BCUT2D eigenvalue weighted by atomic mass is 9.96. The third-order valence-electron chi connectivity index (χ3n) is 4.05. The highest BCUT2D eigenvalue weighted by Crippen LogP contribution is 2.37. The van der Waals surface area contributed by atoms with Crippen LogP contribution in [0.4, 0.5) is 18.0 Å². The zero-order valence-corrected chi connectivity index (χ0v) is 14.0. The van der Waals surface area contributed by atoms with E-state index in [1.807, 2.05) is 17.5 Å². The topological polar surface area (TPSA) is 95.7 Å².